The fraction of sp³-hybridized carbons (Fsp3) is 0.750. The van der Waals surface area contributed by atoms with Crippen LogP contribution in [0.25, 0.3) is 0 Å². The fourth-order valence-corrected chi connectivity index (χ4v) is 2.35. The van der Waals surface area contributed by atoms with Gasteiger partial charge in [0.1, 0.15) is 0 Å². The molecule has 2 radical (unpaired) electrons. The predicted octanol–water partition coefficient (Wildman–Crippen LogP) is 1.79. The molecule has 80 valence electrons. The van der Waals surface area contributed by atoms with Gasteiger partial charge in [0, 0.05) is 24.4 Å². The van der Waals surface area contributed by atoms with Gasteiger partial charge >= 0.3 is 62.1 Å². The first-order valence-corrected chi connectivity index (χ1v) is 9.77. The summed E-state index contributed by atoms with van der Waals surface area (Å²) >= 11 is 7.30. The molecule has 2 N–H and O–H groups in total. The normalized spacial score (nSPS) is 6.71. The van der Waals surface area contributed by atoms with Crippen LogP contribution in [0.5, 0.6) is 0 Å². The molecule has 0 atom stereocenters. The van der Waals surface area contributed by atoms with Crippen molar-refractivity contribution in [3.05, 3.63) is 0 Å². The van der Waals surface area contributed by atoms with E-state index >= 15 is 0 Å². The molecule has 0 rings (SSSR count). The molecule has 0 aliphatic heterocycles. The summed E-state index contributed by atoms with van der Waals surface area (Å²) in [7, 11) is 0. The first-order chi connectivity index (χ1) is 6.74. The van der Waals surface area contributed by atoms with Gasteiger partial charge in [-0.15, -0.1) is 0 Å². The van der Waals surface area contributed by atoms with Crippen LogP contribution in [0.4, 0.5) is 0 Å². The van der Waals surface area contributed by atoms with Crippen LogP contribution in [-0.2, 0) is 9.59 Å². The molecular weight excluding hydrogens is 325 g/mol. The van der Waals surface area contributed by atoms with Crippen molar-refractivity contribution in [3.8, 4) is 0 Å². The standard InChI is InChI=1S/C5H12N.2COS.CH3.Sn/c1-2-3-4-5-6;2*2-1-3;;/h1-6H2;;;1H3;. The van der Waals surface area contributed by atoms with Crippen LogP contribution in [0.3, 0.4) is 0 Å². The zero-order chi connectivity index (χ0) is 11.7. The Bertz CT molecular complexity index is 137. The Labute approximate surface area is 106 Å². The Hall–Kier alpha value is 0.359. The van der Waals surface area contributed by atoms with Crippen LogP contribution in [-0.4, -0.2) is 38.2 Å². The Morgan fingerprint density at radius 3 is 1.86 bits per heavy atom. The molecule has 0 heterocycles. The molecule has 0 fully saturated rings. The molecule has 0 aromatic carbocycles. The molecule has 0 amide bonds. The number of nitrogens with two attached hydrogens (primary N) is 1. The first-order valence-electron chi connectivity index (χ1n) is 4.08. The Morgan fingerprint density at radius 1 is 1.14 bits per heavy atom. The molecular formula is C8H15NO2S2Sn. The van der Waals surface area contributed by atoms with Crippen LogP contribution >= 0.6 is 24.4 Å². The van der Waals surface area contributed by atoms with Gasteiger partial charge in [-0.1, -0.05) is 0 Å². The molecule has 0 saturated carbocycles. The molecule has 14 heavy (non-hydrogen) atoms. The van der Waals surface area contributed by atoms with Crippen LogP contribution in [0, 0.1) is 0 Å². The summed E-state index contributed by atoms with van der Waals surface area (Å²) < 4.78 is 1.54. The third-order valence-corrected chi connectivity index (χ3v) is 3.57. The van der Waals surface area contributed by atoms with E-state index in [9.17, 15) is 0 Å². The van der Waals surface area contributed by atoms with Crippen LogP contribution in [0.1, 0.15) is 19.3 Å². The molecule has 0 aromatic rings. The number of unbranched alkanes of at least 4 members (excludes halogenated alkanes) is 2. The van der Waals surface area contributed by atoms with Gasteiger partial charge in [0.2, 0.25) is 10.5 Å². The topological polar surface area (TPSA) is 60.2 Å². The number of carbonyl (C=O) groups excluding carboxylic acids is 2. The quantitative estimate of drug-likeness (QED) is 0.470. The van der Waals surface area contributed by atoms with Crippen molar-refractivity contribution < 1.29 is 9.59 Å². The van der Waals surface area contributed by atoms with Crippen molar-refractivity contribution in [1.29, 1.82) is 0 Å². The maximum atomic E-state index is 8.50. The van der Waals surface area contributed by atoms with Crippen molar-refractivity contribution in [3.63, 3.8) is 0 Å². The van der Waals surface area contributed by atoms with Crippen molar-refractivity contribution in [2.24, 2.45) is 5.73 Å². The van der Waals surface area contributed by atoms with Gasteiger partial charge in [-0.05, 0) is 0 Å². The van der Waals surface area contributed by atoms with Gasteiger partial charge in [-0.3, -0.25) is 0 Å². The van der Waals surface area contributed by atoms with Crippen molar-refractivity contribution >= 4 is 56.0 Å². The van der Waals surface area contributed by atoms with Gasteiger partial charge in [0.05, 0.1) is 0 Å². The average molecular weight is 340 g/mol. The second-order valence-corrected chi connectivity index (χ2v) is 5.90. The van der Waals surface area contributed by atoms with Crippen LogP contribution < -0.4 is 5.73 Å². The van der Waals surface area contributed by atoms with Crippen molar-refractivity contribution in [1.82, 2.24) is 0 Å². The fourth-order valence-electron chi connectivity index (χ4n) is 0.623. The second kappa shape index (κ2) is 29.2. The minimum absolute atomic E-state index is 0.126. The SMILES string of the molecule is O=C=S.O=C=S.[CH3][Sn][CH2]CCCCN. The summed E-state index contributed by atoms with van der Waals surface area (Å²) in [5.74, 6) is 0. The van der Waals surface area contributed by atoms with Gasteiger partial charge in [-0.2, -0.15) is 0 Å². The van der Waals surface area contributed by atoms with Crippen molar-refractivity contribution in [2.75, 3.05) is 6.54 Å². The Kier molecular flexibility index (Phi) is 41.4. The summed E-state index contributed by atoms with van der Waals surface area (Å²) in [6.45, 7) is 0.884. The summed E-state index contributed by atoms with van der Waals surface area (Å²) in [4.78, 5) is 19.4. The third-order valence-electron chi connectivity index (χ3n) is 1.13. The molecule has 0 aliphatic carbocycles. The van der Waals surface area contributed by atoms with E-state index in [1.807, 2.05) is 0 Å². The second-order valence-electron chi connectivity index (χ2n) is 2.12. The zero-order valence-corrected chi connectivity index (χ0v) is 12.7. The van der Waals surface area contributed by atoms with E-state index in [1.165, 1.54) is 19.3 Å². The molecule has 0 aromatic heterocycles. The van der Waals surface area contributed by atoms with Crippen LogP contribution in [0.15, 0.2) is 0 Å². The number of thiocarbonyl (C=S) groups is 2. The van der Waals surface area contributed by atoms with Crippen LogP contribution in [0.2, 0.25) is 9.38 Å². The monoisotopic (exact) mass is 341 g/mol. The number of hydrogen-bond donors (Lipinski definition) is 1. The molecule has 3 nitrogen and oxygen atoms in total. The van der Waals surface area contributed by atoms with E-state index in [-0.39, 0.29) is 21.1 Å². The van der Waals surface area contributed by atoms with E-state index in [0.717, 1.165) is 17.0 Å². The molecule has 0 bridgehead atoms. The average Bonchev–Trinajstić information content (AvgIpc) is 2.15. The van der Waals surface area contributed by atoms with E-state index in [1.54, 1.807) is 4.44 Å². The number of rotatable bonds is 5. The van der Waals surface area contributed by atoms with E-state index < -0.39 is 0 Å². The van der Waals surface area contributed by atoms with Crippen molar-refractivity contribution in [2.45, 2.75) is 28.6 Å². The molecule has 0 saturated heterocycles. The summed E-state index contributed by atoms with van der Waals surface area (Å²) in [5.41, 5.74) is 5.32. The van der Waals surface area contributed by atoms with E-state index in [4.69, 9.17) is 15.3 Å². The zero-order valence-electron chi connectivity index (χ0n) is 8.25. The van der Waals surface area contributed by atoms with Gasteiger partial charge < -0.3 is 0 Å². The summed E-state index contributed by atoms with van der Waals surface area (Å²) in [5, 5.41) is 2.17. The van der Waals surface area contributed by atoms with E-state index in [0.29, 0.717) is 0 Å². The third kappa shape index (κ3) is 55.5. The molecule has 6 heteroatoms. The van der Waals surface area contributed by atoms with E-state index in [2.05, 4.69) is 29.4 Å². The maximum absolute atomic E-state index is 8.50. The molecule has 0 spiro atoms. The predicted molar refractivity (Wildman–Crippen MR) is 65.9 cm³/mol. The molecule has 0 aliphatic rings. The summed E-state index contributed by atoms with van der Waals surface area (Å²) in [6.07, 6.45) is 4.05. The van der Waals surface area contributed by atoms with Gasteiger partial charge in [-0.25, -0.2) is 9.59 Å². The number of hydrogen-bond acceptors (Lipinski definition) is 5. The minimum atomic E-state index is 0.126. The Morgan fingerprint density at radius 2 is 1.57 bits per heavy atom. The molecule has 0 unspecified atom stereocenters. The van der Waals surface area contributed by atoms with Gasteiger partial charge in [0.15, 0.2) is 0 Å². The summed E-state index contributed by atoms with van der Waals surface area (Å²) in [6, 6.07) is 0. The Balaban J connectivity index is -0.000000168. The first kappa shape index (κ1) is 19.9. The van der Waals surface area contributed by atoms with Gasteiger partial charge in [0.25, 0.3) is 0 Å².